The van der Waals surface area contributed by atoms with E-state index in [1.54, 1.807) is 0 Å². The third-order valence-corrected chi connectivity index (χ3v) is 30.5. The molecule has 5 aromatic carbocycles. The Labute approximate surface area is 370 Å². The SMILES string of the molecule is CC(C)[Si](C#Cc1cc2c3ccc4c5c(c(C#C[Si](C(C)C)(C(C)C)C(C)C)cc(c6ccc7c(c1CC(c1cccs1)C7)c62)c53)CC(c1cccs1)C4)(C(C)C)C(C)C. The van der Waals surface area contributed by atoms with Crippen LogP contribution in [0, 0.1) is 22.9 Å². The number of rotatable bonds is 8. The zero-order valence-corrected chi connectivity index (χ0v) is 41.8. The summed E-state index contributed by atoms with van der Waals surface area (Å²) >= 11 is 3.84. The van der Waals surface area contributed by atoms with Gasteiger partial charge in [-0.05, 0) is 159 Å². The molecule has 2 unspecified atom stereocenters. The average Bonchev–Trinajstić information content (AvgIpc) is 3.95. The molecule has 0 spiro atoms. The highest BCUT2D eigenvalue weighted by molar-refractivity contribution is 7.10. The van der Waals surface area contributed by atoms with Crippen LogP contribution >= 0.6 is 22.7 Å². The molecule has 7 aromatic rings. The van der Waals surface area contributed by atoms with E-state index in [0.717, 1.165) is 25.7 Å². The lowest BCUT2D eigenvalue weighted by Crippen LogP contribution is -2.43. The standard InChI is InChI=1S/C56H64S2Si2/c1-33(2)59(34(3)4,35(5)6)25-21-39-29-49-45-19-18-42-28-44(52-16-14-24-58-52)32-48-40(22-26-60(36(7)8,37(9)10)38(11)12)30-50(56(45)54(42)48)46-20-17-41-27-43(51-15-13-23-57-51)31-47(39)53(41)55(46)49/h13-20,23-24,29-30,33-38,43-44H,27-28,31-32H2,1-12H3. The third kappa shape index (κ3) is 6.33. The second-order valence-electron chi connectivity index (χ2n) is 20.5. The van der Waals surface area contributed by atoms with E-state index in [1.165, 1.54) is 86.2 Å². The van der Waals surface area contributed by atoms with E-state index in [0.29, 0.717) is 45.1 Å². The minimum atomic E-state index is -1.97. The first-order chi connectivity index (χ1) is 28.7. The second kappa shape index (κ2) is 15.6. The molecule has 2 aliphatic rings. The minimum Gasteiger partial charge on any atom is -0.149 e. The van der Waals surface area contributed by atoms with Crippen molar-refractivity contribution >= 4 is 81.9 Å². The smallest absolute Gasteiger partial charge is 0.146 e. The number of fused-ring (bicyclic) bond motifs is 2. The number of hydrogen-bond acceptors (Lipinski definition) is 2. The molecule has 308 valence electrons. The van der Waals surface area contributed by atoms with Gasteiger partial charge in [0.25, 0.3) is 0 Å². The van der Waals surface area contributed by atoms with Gasteiger partial charge in [0.05, 0.1) is 0 Å². The quantitative estimate of drug-likeness (QED) is 0.0618. The van der Waals surface area contributed by atoms with Crippen molar-refractivity contribution in [3.8, 4) is 22.9 Å². The summed E-state index contributed by atoms with van der Waals surface area (Å²) in [4.78, 5) is 3.00. The maximum atomic E-state index is 4.20. The highest BCUT2D eigenvalue weighted by Gasteiger charge is 2.43. The fourth-order valence-corrected chi connectivity index (χ4v) is 25.2. The minimum absolute atomic E-state index is 0.479. The lowest BCUT2D eigenvalue weighted by atomic mass is 9.74. The van der Waals surface area contributed by atoms with Gasteiger partial charge in [-0.3, -0.25) is 0 Å². The van der Waals surface area contributed by atoms with E-state index in [1.807, 2.05) is 22.7 Å². The molecule has 4 heteroatoms. The van der Waals surface area contributed by atoms with Crippen LogP contribution in [0.2, 0.25) is 33.2 Å². The van der Waals surface area contributed by atoms with Crippen LogP contribution in [0.1, 0.15) is 138 Å². The van der Waals surface area contributed by atoms with Gasteiger partial charge in [0.1, 0.15) is 16.1 Å². The Hall–Kier alpha value is -3.65. The Balaban J connectivity index is 1.39. The van der Waals surface area contributed by atoms with Crippen LogP contribution in [0.25, 0.3) is 43.1 Å². The molecule has 0 aliphatic heterocycles. The second-order valence-corrected chi connectivity index (χ2v) is 33.6. The Morgan fingerprint density at radius 1 is 0.450 bits per heavy atom. The van der Waals surface area contributed by atoms with Gasteiger partial charge in [-0.1, -0.05) is 131 Å². The fraction of sp³-hybridized carbons (Fsp3) is 0.429. The highest BCUT2D eigenvalue weighted by Crippen LogP contribution is 2.51. The zero-order valence-electron chi connectivity index (χ0n) is 38.2. The average molecular weight is 857 g/mol. The zero-order chi connectivity index (χ0) is 42.4. The van der Waals surface area contributed by atoms with Crippen molar-refractivity contribution in [3.05, 3.63) is 115 Å². The van der Waals surface area contributed by atoms with Gasteiger partial charge in [-0.25, -0.2) is 0 Å². The normalized spacial score (nSPS) is 17.0. The number of thiophene rings is 2. The molecule has 0 nitrogen and oxygen atoms in total. The predicted octanol–water partition coefficient (Wildman–Crippen LogP) is 16.8. The Morgan fingerprint density at radius 2 is 0.817 bits per heavy atom. The summed E-state index contributed by atoms with van der Waals surface area (Å²) in [6, 6.07) is 24.3. The molecule has 0 fully saturated rings. The van der Waals surface area contributed by atoms with Gasteiger partial charge in [-0.15, -0.1) is 33.8 Å². The lowest BCUT2D eigenvalue weighted by molar-refractivity contribution is 0.682. The maximum Gasteiger partial charge on any atom is 0.146 e. The van der Waals surface area contributed by atoms with E-state index in [2.05, 4.69) is 177 Å². The van der Waals surface area contributed by atoms with E-state index in [-0.39, 0.29) is 0 Å². The fourth-order valence-electron chi connectivity index (χ4n) is 13.1. The largest absolute Gasteiger partial charge is 0.149 e. The number of hydrogen-bond donors (Lipinski definition) is 0. The molecule has 0 radical (unpaired) electrons. The Morgan fingerprint density at radius 3 is 1.13 bits per heavy atom. The van der Waals surface area contributed by atoms with Crippen molar-refractivity contribution in [2.75, 3.05) is 0 Å². The molecule has 0 saturated carbocycles. The van der Waals surface area contributed by atoms with Crippen LogP contribution in [0.5, 0.6) is 0 Å². The van der Waals surface area contributed by atoms with Crippen LogP contribution in [0.3, 0.4) is 0 Å². The topological polar surface area (TPSA) is 0 Å². The van der Waals surface area contributed by atoms with Crippen molar-refractivity contribution in [2.24, 2.45) is 0 Å². The summed E-state index contributed by atoms with van der Waals surface area (Å²) in [6.07, 6.45) is 4.25. The van der Waals surface area contributed by atoms with Crippen LogP contribution in [0.4, 0.5) is 0 Å². The van der Waals surface area contributed by atoms with Gasteiger partial charge >= 0.3 is 0 Å². The first kappa shape index (κ1) is 41.7. The summed E-state index contributed by atoms with van der Waals surface area (Å²) in [5.74, 6) is 9.11. The summed E-state index contributed by atoms with van der Waals surface area (Å²) in [6.45, 7) is 29.4. The summed E-state index contributed by atoms with van der Waals surface area (Å²) in [5, 5.41) is 16.0. The molecule has 2 aromatic heterocycles. The van der Waals surface area contributed by atoms with E-state index >= 15 is 0 Å². The van der Waals surface area contributed by atoms with Crippen molar-refractivity contribution in [1.29, 1.82) is 0 Å². The molecule has 0 amide bonds. The molecule has 9 rings (SSSR count). The molecule has 0 saturated heterocycles. The molecule has 2 heterocycles. The monoisotopic (exact) mass is 856 g/mol. The van der Waals surface area contributed by atoms with E-state index < -0.39 is 16.1 Å². The van der Waals surface area contributed by atoms with E-state index in [4.69, 9.17) is 0 Å². The molecule has 60 heavy (non-hydrogen) atoms. The van der Waals surface area contributed by atoms with Crippen molar-refractivity contribution in [2.45, 2.75) is 154 Å². The Bertz CT molecular complexity index is 2620. The highest BCUT2D eigenvalue weighted by atomic mass is 32.1. The molecule has 0 N–H and O–H groups in total. The number of benzene rings is 5. The third-order valence-electron chi connectivity index (χ3n) is 15.8. The van der Waals surface area contributed by atoms with Gasteiger partial charge in [0.2, 0.25) is 0 Å². The Kier molecular flexibility index (Phi) is 10.8. The van der Waals surface area contributed by atoms with Gasteiger partial charge in [-0.2, -0.15) is 0 Å². The van der Waals surface area contributed by atoms with Crippen molar-refractivity contribution in [3.63, 3.8) is 0 Å². The molecular weight excluding hydrogens is 793 g/mol. The summed E-state index contributed by atoms with van der Waals surface area (Å²) < 4.78 is 0. The van der Waals surface area contributed by atoms with Crippen LogP contribution in [-0.4, -0.2) is 16.1 Å². The van der Waals surface area contributed by atoms with Crippen LogP contribution < -0.4 is 0 Å². The molecular formula is C56H64S2Si2. The van der Waals surface area contributed by atoms with Crippen molar-refractivity contribution in [1.82, 2.24) is 0 Å². The van der Waals surface area contributed by atoms with Crippen LogP contribution in [0.15, 0.2) is 71.4 Å². The molecule has 2 aliphatic carbocycles. The molecule has 2 atom stereocenters. The van der Waals surface area contributed by atoms with E-state index in [9.17, 15) is 0 Å². The van der Waals surface area contributed by atoms with Gasteiger partial charge in [0, 0.05) is 32.7 Å². The summed E-state index contributed by atoms with van der Waals surface area (Å²) in [7, 11) is -3.94. The van der Waals surface area contributed by atoms with Gasteiger partial charge < -0.3 is 0 Å². The van der Waals surface area contributed by atoms with Gasteiger partial charge in [0.15, 0.2) is 0 Å². The van der Waals surface area contributed by atoms with Crippen molar-refractivity contribution < 1.29 is 0 Å². The summed E-state index contributed by atoms with van der Waals surface area (Å²) in [5.41, 5.74) is 20.5. The lowest BCUT2D eigenvalue weighted by Gasteiger charge is -2.38. The first-order valence-electron chi connectivity index (χ1n) is 23.1. The predicted molar refractivity (Wildman–Crippen MR) is 272 cm³/mol. The first-order valence-corrected chi connectivity index (χ1v) is 29.3. The van der Waals surface area contributed by atoms with Crippen LogP contribution in [-0.2, 0) is 25.7 Å². The molecule has 0 bridgehead atoms. The maximum absolute atomic E-state index is 4.20.